The Balaban J connectivity index is 2.22. The van der Waals surface area contributed by atoms with Crippen LogP contribution in [-0.2, 0) is 0 Å². The Labute approximate surface area is 143 Å². The number of aromatic nitrogens is 2. The number of aromatic amines is 1. The van der Waals surface area contributed by atoms with E-state index in [1.807, 2.05) is 30.3 Å². The molecule has 0 aliphatic carbocycles. The molecule has 1 aromatic heterocycles. The van der Waals surface area contributed by atoms with E-state index >= 15 is 0 Å². The number of para-hydroxylation sites is 1. The molecule has 0 aliphatic heterocycles. The summed E-state index contributed by atoms with van der Waals surface area (Å²) in [6, 6.07) is 12.5. The number of nitrogens with zero attached hydrogens (tertiary/aromatic N) is 1. The van der Waals surface area contributed by atoms with Gasteiger partial charge in [0.05, 0.1) is 30.5 Å². The summed E-state index contributed by atoms with van der Waals surface area (Å²) in [7, 11) is 2.90. The summed E-state index contributed by atoms with van der Waals surface area (Å²) < 4.78 is 11.8. The maximum absolute atomic E-state index is 12.7. The van der Waals surface area contributed by atoms with Gasteiger partial charge in [0.15, 0.2) is 11.5 Å². The van der Waals surface area contributed by atoms with Crippen LogP contribution in [0.4, 0.5) is 0 Å². The highest BCUT2D eigenvalue weighted by Gasteiger charge is 2.13. The highest BCUT2D eigenvalue weighted by atomic mass is 16.5. The summed E-state index contributed by atoms with van der Waals surface area (Å²) >= 11 is 0. The van der Waals surface area contributed by atoms with Crippen molar-refractivity contribution in [3.8, 4) is 22.9 Å². The van der Waals surface area contributed by atoms with Crippen molar-refractivity contribution in [1.29, 1.82) is 0 Å². The number of H-pyrrole nitrogens is 1. The lowest BCUT2D eigenvalue weighted by atomic mass is 10.1. The van der Waals surface area contributed by atoms with E-state index in [4.69, 9.17) is 9.47 Å². The molecule has 2 N–H and O–H groups in total. The van der Waals surface area contributed by atoms with Crippen LogP contribution in [0.25, 0.3) is 18.3 Å². The molecule has 0 amide bonds. The van der Waals surface area contributed by atoms with E-state index in [0.717, 1.165) is 0 Å². The molecule has 2 aromatic carbocycles. The molecule has 0 bridgehead atoms. The van der Waals surface area contributed by atoms with Gasteiger partial charge in [-0.1, -0.05) is 24.8 Å². The standard InChI is InChI=1S/C19H18N2O4/c1-12-15(19(23)21(20-12)14-7-5-4-6-8-14)11-13-9-10-16(24-2)17(22)18(13)25-3/h4-11,20,22H,1H2,2-3H3/b15-11+. The van der Waals surface area contributed by atoms with E-state index in [1.54, 1.807) is 18.2 Å². The normalized spacial score (nSPS) is 11.5. The third-order valence-corrected chi connectivity index (χ3v) is 3.87. The summed E-state index contributed by atoms with van der Waals surface area (Å²) in [5, 5.41) is 14.0. The van der Waals surface area contributed by atoms with Gasteiger partial charge in [-0.2, -0.15) is 0 Å². The molecule has 1 heterocycles. The number of benzene rings is 2. The minimum absolute atomic E-state index is 0.122. The molecule has 0 atom stereocenters. The molecular weight excluding hydrogens is 320 g/mol. The number of phenols is 1. The zero-order valence-corrected chi connectivity index (χ0v) is 13.9. The Morgan fingerprint density at radius 1 is 1.12 bits per heavy atom. The molecule has 0 saturated carbocycles. The lowest BCUT2D eigenvalue weighted by Crippen LogP contribution is -2.34. The second-order valence-electron chi connectivity index (χ2n) is 5.36. The van der Waals surface area contributed by atoms with Crippen LogP contribution in [-0.4, -0.2) is 29.1 Å². The van der Waals surface area contributed by atoms with Crippen molar-refractivity contribution in [3.63, 3.8) is 0 Å². The largest absolute Gasteiger partial charge is 0.502 e. The predicted octanol–water partition coefficient (Wildman–Crippen LogP) is 1.13. The summed E-state index contributed by atoms with van der Waals surface area (Å²) in [5.41, 5.74) is 1.01. The van der Waals surface area contributed by atoms with E-state index in [2.05, 4.69) is 11.7 Å². The van der Waals surface area contributed by atoms with Gasteiger partial charge in [-0.05, 0) is 30.3 Å². The van der Waals surface area contributed by atoms with E-state index in [-0.39, 0.29) is 17.1 Å². The molecule has 3 aromatic rings. The van der Waals surface area contributed by atoms with E-state index in [1.165, 1.54) is 18.9 Å². The van der Waals surface area contributed by atoms with Crippen LogP contribution in [0, 0.1) is 0 Å². The lowest BCUT2D eigenvalue weighted by molar-refractivity contribution is 0.339. The van der Waals surface area contributed by atoms with Crippen molar-refractivity contribution in [2.45, 2.75) is 0 Å². The van der Waals surface area contributed by atoms with Crippen LogP contribution in [0.15, 0.2) is 47.3 Å². The molecule has 0 fully saturated rings. The fourth-order valence-corrected chi connectivity index (χ4v) is 2.62. The first-order valence-corrected chi connectivity index (χ1v) is 7.58. The number of methoxy groups -OCH3 is 2. The first kappa shape index (κ1) is 16.4. The Kier molecular flexibility index (Phi) is 4.35. The SMILES string of the molecule is C=c1[nH]n(-c2ccccc2)c(=O)/c1=C/c1ccc(OC)c(O)c1OC. The summed E-state index contributed by atoms with van der Waals surface area (Å²) in [6.07, 6.45) is 1.62. The summed E-state index contributed by atoms with van der Waals surface area (Å²) in [6.45, 7) is 3.90. The van der Waals surface area contributed by atoms with Crippen LogP contribution in [0.5, 0.6) is 17.2 Å². The topological polar surface area (TPSA) is 76.5 Å². The minimum Gasteiger partial charge on any atom is -0.502 e. The summed E-state index contributed by atoms with van der Waals surface area (Å²) in [5.74, 6) is 0.397. The van der Waals surface area contributed by atoms with Gasteiger partial charge in [0, 0.05) is 5.56 Å². The molecule has 25 heavy (non-hydrogen) atoms. The Morgan fingerprint density at radius 2 is 1.84 bits per heavy atom. The third-order valence-electron chi connectivity index (χ3n) is 3.87. The number of aromatic hydroxyl groups is 1. The van der Waals surface area contributed by atoms with Gasteiger partial charge in [-0.25, -0.2) is 4.68 Å². The molecule has 0 spiro atoms. The maximum atomic E-state index is 12.7. The zero-order valence-electron chi connectivity index (χ0n) is 13.9. The molecule has 0 aliphatic rings. The molecule has 128 valence electrons. The first-order valence-electron chi connectivity index (χ1n) is 7.58. The zero-order chi connectivity index (χ0) is 18.0. The highest BCUT2D eigenvalue weighted by Crippen LogP contribution is 2.38. The van der Waals surface area contributed by atoms with Crippen LogP contribution < -0.4 is 25.6 Å². The Bertz CT molecular complexity index is 1070. The molecular formula is C19H18N2O4. The average molecular weight is 338 g/mol. The second kappa shape index (κ2) is 6.60. The van der Waals surface area contributed by atoms with E-state index < -0.39 is 0 Å². The van der Waals surface area contributed by atoms with Crippen molar-refractivity contribution in [1.82, 2.24) is 9.78 Å². The average Bonchev–Trinajstić information content (AvgIpc) is 2.91. The molecule has 3 rings (SSSR count). The second-order valence-corrected chi connectivity index (χ2v) is 5.36. The van der Waals surface area contributed by atoms with Crippen molar-refractivity contribution in [2.75, 3.05) is 14.2 Å². The molecule has 0 unspecified atom stereocenters. The number of nitrogens with one attached hydrogen (secondary N) is 1. The third kappa shape index (κ3) is 2.89. The number of ether oxygens (including phenoxy) is 2. The number of hydrogen-bond acceptors (Lipinski definition) is 4. The Hall–Kier alpha value is -3.41. The predicted molar refractivity (Wildman–Crippen MR) is 95.9 cm³/mol. The van der Waals surface area contributed by atoms with Crippen LogP contribution in [0.2, 0.25) is 0 Å². The number of phenolic OH excluding ortho intramolecular Hbond substituents is 1. The lowest BCUT2D eigenvalue weighted by Gasteiger charge is -2.10. The quantitative estimate of drug-likeness (QED) is 0.748. The van der Waals surface area contributed by atoms with Gasteiger partial charge in [-0.15, -0.1) is 0 Å². The van der Waals surface area contributed by atoms with Crippen molar-refractivity contribution < 1.29 is 14.6 Å². The van der Waals surface area contributed by atoms with Gasteiger partial charge in [0.1, 0.15) is 0 Å². The first-order chi connectivity index (χ1) is 12.1. The van der Waals surface area contributed by atoms with Crippen molar-refractivity contribution >= 4 is 12.7 Å². The number of hydrogen-bond donors (Lipinski definition) is 2. The maximum Gasteiger partial charge on any atom is 0.279 e. The monoisotopic (exact) mass is 338 g/mol. The fourth-order valence-electron chi connectivity index (χ4n) is 2.62. The van der Waals surface area contributed by atoms with Gasteiger partial charge < -0.3 is 14.6 Å². The molecule has 0 saturated heterocycles. The summed E-state index contributed by atoms with van der Waals surface area (Å²) in [4.78, 5) is 12.7. The Morgan fingerprint density at radius 3 is 2.48 bits per heavy atom. The van der Waals surface area contributed by atoms with Crippen molar-refractivity contribution in [3.05, 3.63) is 68.9 Å². The number of rotatable bonds is 4. The van der Waals surface area contributed by atoms with Gasteiger partial charge >= 0.3 is 0 Å². The molecule has 6 heteroatoms. The van der Waals surface area contributed by atoms with Crippen molar-refractivity contribution in [2.24, 2.45) is 0 Å². The van der Waals surface area contributed by atoms with Gasteiger partial charge in [-0.3, -0.25) is 9.89 Å². The van der Waals surface area contributed by atoms with Crippen LogP contribution >= 0.6 is 0 Å². The fraction of sp³-hybridized carbons (Fsp3) is 0.105. The van der Waals surface area contributed by atoms with E-state index in [9.17, 15) is 9.90 Å². The van der Waals surface area contributed by atoms with Gasteiger partial charge in [0.25, 0.3) is 5.56 Å². The smallest absolute Gasteiger partial charge is 0.279 e. The van der Waals surface area contributed by atoms with E-state index in [0.29, 0.717) is 27.6 Å². The highest BCUT2D eigenvalue weighted by molar-refractivity contribution is 5.65. The molecule has 6 nitrogen and oxygen atoms in total. The van der Waals surface area contributed by atoms with Crippen LogP contribution in [0.3, 0.4) is 0 Å². The van der Waals surface area contributed by atoms with Gasteiger partial charge in [0.2, 0.25) is 5.75 Å². The van der Waals surface area contributed by atoms with Crippen LogP contribution in [0.1, 0.15) is 5.56 Å². The minimum atomic E-state index is -0.242. The molecule has 0 radical (unpaired) electrons.